The number of nitrogen functional groups attached to an aromatic ring is 1. The minimum absolute atomic E-state index is 0.414. The van der Waals surface area contributed by atoms with Crippen molar-refractivity contribution in [1.82, 2.24) is 5.16 Å². The van der Waals surface area contributed by atoms with Crippen LogP contribution in [0.2, 0.25) is 0 Å². The largest absolute Gasteiger partial charge is 0.367 e. The highest BCUT2D eigenvalue weighted by Gasteiger charge is 2.15. The van der Waals surface area contributed by atoms with Gasteiger partial charge in [-0.3, -0.25) is 0 Å². The molecule has 1 aromatic heterocycles. The van der Waals surface area contributed by atoms with E-state index in [1.54, 1.807) is 0 Å². The van der Waals surface area contributed by atoms with Gasteiger partial charge in [-0.1, -0.05) is 36.7 Å². The summed E-state index contributed by atoms with van der Waals surface area (Å²) in [6.07, 6.45) is 1.92. The SMILES string of the molecule is CCCc1noc(N)c1-c1ccc(C)c(C)c1. The van der Waals surface area contributed by atoms with E-state index < -0.39 is 0 Å². The van der Waals surface area contributed by atoms with Gasteiger partial charge in [-0.2, -0.15) is 0 Å². The Morgan fingerprint density at radius 3 is 2.65 bits per heavy atom. The molecule has 0 bridgehead atoms. The minimum atomic E-state index is 0.414. The number of nitrogens with zero attached hydrogens (tertiary/aromatic N) is 1. The van der Waals surface area contributed by atoms with Crippen LogP contribution in [-0.4, -0.2) is 5.16 Å². The molecule has 0 aliphatic rings. The Bertz CT molecular complexity index is 529. The Morgan fingerprint density at radius 2 is 2.00 bits per heavy atom. The fourth-order valence-electron chi connectivity index (χ4n) is 1.95. The van der Waals surface area contributed by atoms with Gasteiger partial charge in [0, 0.05) is 0 Å². The van der Waals surface area contributed by atoms with Crippen molar-refractivity contribution < 1.29 is 4.52 Å². The van der Waals surface area contributed by atoms with Gasteiger partial charge in [0.2, 0.25) is 5.88 Å². The Labute approximate surface area is 102 Å². The Balaban J connectivity index is 2.51. The molecule has 2 N–H and O–H groups in total. The smallest absolute Gasteiger partial charge is 0.230 e. The molecule has 0 atom stereocenters. The maximum atomic E-state index is 5.86. The second-order valence-corrected chi connectivity index (χ2v) is 4.42. The third-order valence-corrected chi connectivity index (χ3v) is 3.07. The molecule has 2 aromatic rings. The molecule has 0 fully saturated rings. The molecule has 1 heterocycles. The van der Waals surface area contributed by atoms with Crippen molar-refractivity contribution in [3.63, 3.8) is 0 Å². The van der Waals surface area contributed by atoms with Crippen molar-refractivity contribution in [3.05, 3.63) is 35.0 Å². The zero-order valence-electron chi connectivity index (χ0n) is 10.6. The van der Waals surface area contributed by atoms with E-state index in [0.717, 1.165) is 29.7 Å². The topological polar surface area (TPSA) is 52.0 Å². The number of nitrogens with two attached hydrogens (primary N) is 1. The highest BCUT2D eigenvalue weighted by molar-refractivity contribution is 5.75. The molecule has 3 heteroatoms. The zero-order valence-corrected chi connectivity index (χ0v) is 10.6. The molecule has 0 aliphatic carbocycles. The third-order valence-electron chi connectivity index (χ3n) is 3.07. The molecule has 90 valence electrons. The van der Waals surface area contributed by atoms with Gasteiger partial charge in [-0.05, 0) is 37.0 Å². The average Bonchev–Trinajstić information content (AvgIpc) is 2.65. The molecule has 0 unspecified atom stereocenters. The molecule has 0 saturated heterocycles. The summed E-state index contributed by atoms with van der Waals surface area (Å²) < 4.78 is 5.10. The van der Waals surface area contributed by atoms with E-state index >= 15 is 0 Å². The van der Waals surface area contributed by atoms with Crippen molar-refractivity contribution in [1.29, 1.82) is 0 Å². The molecule has 0 amide bonds. The number of hydrogen-bond donors (Lipinski definition) is 1. The fraction of sp³-hybridized carbons (Fsp3) is 0.357. The molecule has 17 heavy (non-hydrogen) atoms. The van der Waals surface area contributed by atoms with E-state index in [1.807, 2.05) is 0 Å². The molecule has 0 radical (unpaired) electrons. The maximum Gasteiger partial charge on any atom is 0.230 e. The van der Waals surface area contributed by atoms with Crippen LogP contribution in [-0.2, 0) is 6.42 Å². The molecule has 3 nitrogen and oxygen atoms in total. The third kappa shape index (κ3) is 2.18. The summed E-state index contributed by atoms with van der Waals surface area (Å²) in [5.41, 5.74) is 11.4. The summed E-state index contributed by atoms with van der Waals surface area (Å²) >= 11 is 0. The maximum absolute atomic E-state index is 5.86. The Morgan fingerprint density at radius 1 is 1.24 bits per heavy atom. The summed E-state index contributed by atoms with van der Waals surface area (Å²) in [5, 5.41) is 4.03. The summed E-state index contributed by atoms with van der Waals surface area (Å²) in [7, 11) is 0. The summed E-state index contributed by atoms with van der Waals surface area (Å²) in [5.74, 6) is 0.414. The molecule has 0 spiro atoms. The minimum Gasteiger partial charge on any atom is -0.367 e. The van der Waals surface area contributed by atoms with Crippen LogP contribution in [0.4, 0.5) is 5.88 Å². The molecule has 1 aromatic carbocycles. The molecular weight excluding hydrogens is 212 g/mol. The van der Waals surface area contributed by atoms with Crippen molar-refractivity contribution in [2.45, 2.75) is 33.6 Å². The van der Waals surface area contributed by atoms with Crippen molar-refractivity contribution in [2.75, 3.05) is 5.73 Å². The van der Waals surface area contributed by atoms with Crippen LogP contribution in [0.25, 0.3) is 11.1 Å². The highest BCUT2D eigenvalue weighted by Crippen LogP contribution is 2.31. The van der Waals surface area contributed by atoms with Crippen LogP contribution in [0.15, 0.2) is 22.7 Å². The van der Waals surface area contributed by atoms with Gasteiger partial charge < -0.3 is 10.3 Å². The van der Waals surface area contributed by atoms with E-state index in [2.05, 4.69) is 44.1 Å². The lowest BCUT2D eigenvalue weighted by molar-refractivity contribution is 0.427. The quantitative estimate of drug-likeness (QED) is 0.878. The van der Waals surface area contributed by atoms with Gasteiger partial charge in [-0.25, -0.2) is 0 Å². The Kier molecular flexibility index (Phi) is 3.18. The van der Waals surface area contributed by atoms with E-state index in [0.29, 0.717) is 5.88 Å². The van der Waals surface area contributed by atoms with Gasteiger partial charge in [0.15, 0.2) is 0 Å². The monoisotopic (exact) mass is 230 g/mol. The first-order valence-electron chi connectivity index (χ1n) is 5.95. The van der Waals surface area contributed by atoms with E-state index in [4.69, 9.17) is 10.3 Å². The van der Waals surface area contributed by atoms with E-state index in [9.17, 15) is 0 Å². The number of benzene rings is 1. The van der Waals surface area contributed by atoms with Crippen molar-refractivity contribution in [3.8, 4) is 11.1 Å². The van der Waals surface area contributed by atoms with Crippen LogP contribution in [0.3, 0.4) is 0 Å². The first-order valence-corrected chi connectivity index (χ1v) is 5.95. The average molecular weight is 230 g/mol. The normalized spacial score (nSPS) is 10.8. The zero-order chi connectivity index (χ0) is 12.4. The second kappa shape index (κ2) is 4.62. The highest BCUT2D eigenvalue weighted by atomic mass is 16.5. The van der Waals surface area contributed by atoms with Crippen LogP contribution in [0.1, 0.15) is 30.2 Å². The van der Waals surface area contributed by atoms with Crippen LogP contribution >= 0.6 is 0 Å². The van der Waals surface area contributed by atoms with Gasteiger partial charge in [0.05, 0.1) is 11.3 Å². The summed E-state index contributed by atoms with van der Waals surface area (Å²) in [4.78, 5) is 0. The molecule has 2 rings (SSSR count). The van der Waals surface area contributed by atoms with Gasteiger partial charge >= 0.3 is 0 Å². The van der Waals surface area contributed by atoms with Crippen molar-refractivity contribution >= 4 is 5.88 Å². The fourth-order valence-corrected chi connectivity index (χ4v) is 1.95. The predicted molar refractivity (Wildman–Crippen MR) is 69.8 cm³/mol. The Hall–Kier alpha value is -1.77. The molecule has 0 aliphatic heterocycles. The standard InChI is InChI=1S/C14H18N2O/c1-4-5-12-13(14(15)17-16-12)11-7-6-9(2)10(3)8-11/h6-8H,4-5,15H2,1-3H3. The number of aromatic nitrogens is 1. The lowest BCUT2D eigenvalue weighted by atomic mass is 9.99. The lowest BCUT2D eigenvalue weighted by Gasteiger charge is -2.05. The van der Waals surface area contributed by atoms with Crippen molar-refractivity contribution in [2.24, 2.45) is 0 Å². The van der Waals surface area contributed by atoms with E-state index in [-0.39, 0.29) is 0 Å². The van der Waals surface area contributed by atoms with Gasteiger partial charge in [0.25, 0.3) is 0 Å². The number of anilines is 1. The first kappa shape index (κ1) is 11.7. The summed E-state index contributed by atoms with van der Waals surface area (Å²) in [6.45, 7) is 6.32. The second-order valence-electron chi connectivity index (χ2n) is 4.42. The molecular formula is C14H18N2O. The van der Waals surface area contributed by atoms with Crippen LogP contribution in [0.5, 0.6) is 0 Å². The lowest BCUT2D eigenvalue weighted by Crippen LogP contribution is -1.92. The van der Waals surface area contributed by atoms with Gasteiger partial charge in [-0.15, -0.1) is 0 Å². The first-order chi connectivity index (χ1) is 8.13. The van der Waals surface area contributed by atoms with Crippen LogP contribution < -0.4 is 5.73 Å². The van der Waals surface area contributed by atoms with E-state index in [1.165, 1.54) is 11.1 Å². The van der Waals surface area contributed by atoms with Crippen LogP contribution in [0, 0.1) is 13.8 Å². The number of rotatable bonds is 3. The van der Waals surface area contributed by atoms with Gasteiger partial charge in [0.1, 0.15) is 0 Å². The number of aryl methyl sites for hydroxylation is 3. The number of hydrogen-bond acceptors (Lipinski definition) is 3. The summed E-state index contributed by atoms with van der Waals surface area (Å²) in [6, 6.07) is 6.31. The molecule has 0 saturated carbocycles. The predicted octanol–water partition coefficient (Wildman–Crippen LogP) is 3.49.